The van der Waals surface area contributed by atoms with Crippen LogP contribution in [0, 0.1) is 12.7 Å². The van der Waals surface area contributed by atoms with Gasteiger partial charge in [-0.15, -0.1) is 0 Å². The van der Waals surface area contributed by atoms with Crippen molar-refractivity contribution in [1.82, 2.24) is 14.7 Å². The number of fused-ring (bicyclic) bond motifs is 4. The van der Waals surface area contributed by atoms with E-state index in [1.165, 1.54) is 12.1 Å². The third-order valence-electron chi connectivity index (χ3n) is 8.65. The van der Waals surface area contributed by atoms with E-state index in [1.807, 2.05) is 90.5 Å². The second-order valence-electron chi connectivity index (χ2n) is 11.3. The van der Waals surface area contributed by atoms with Gasteiger partial charge in [0.25, 0.3) is 0 Å². The van der Waals surface area contributed by atoms with Gasteiger partial charge in [-0.2, -0.15) is 5.10 Å². The summed E-state index contributed by atoms with van der Waals surface area (Å²) in [6, 6.07) is 30.5. The van der Waals surface area contributed by atoms with Gasteiger partial charge in [0.2, 0.25) is 0 Å². The molecule has 0 aliphatic carbocycles. The number of rotatable bonds is 3. The molecule has 1 aromatic heterocycles. The summed E-state index contributed by atoms with van der Waals surface area (Å²) in [6.07, 6.45) is 0. The smallest absolute Gasteiger partial charge is 0.179 e. The molecule has 4 aromatic carbocycles. The lowest BCUT2D eigenvalue weighted by Crippen LogP contribution is -2.55. The van der Waals surface area contributed by atoms with Gasteiger partial charge < -0.3 is 14.7 Å². The summed E-state index contributed by atoms with van der Waals surface area (Å²) in [6.45, 7) is 5.02. The van der Waals surface area contributed by atoms with E-state index in [0.717, 1.165) is 83.2 Å². The van der Waals surface area contributed by atoms with E-state index in [2.05, 4.69) is 20.8 Å². The molecule has 3 aliphatic heterocycles. The monoisotopic (exact) mass is 635 g/mol. The Bertz CT molecular complexity index is 1980. The number of aromatic nitrogens is 2. The fourth-order valence-electron chi connectivity index (χ4n) is 6.49. The number of para-hydroxylation sites is 3. The SMILES string of the molecule is Cc1nn(-c2ccccc2)c2c1C(c1ccc(Cl)c(Cl)c1)N1C(=N2)C(N2CCN(c3ccc(F)cc3)CC2)=Nc2ccccc21. The summed E-state index contributed by atoms with van der Waals surface area (Å²) in [5.74, 6) is 2.09. The first kappa shape index (κ1) is 27.9. The van der Waals surface area contributed by atoms with Gasteiger partial charge in [-0.3, -0.25) is 0 Å². The average molecular weight is 637 g/mol. The zero-order valence-corrected chi connectivity index (χ0v) is 25.9. The fraction of sp³-hybridized carbons (Fsp3) is 0.171. The molecule has 3 aliphatic rings. The Morgan fingerprint density at radius 3 is 2.18 bits per heavy atom. The van der Waals surface area contributed by atoms with Crippen molar-refractivity contribution in [3.05, 3.63) is 130 Å². The molecule has 45 heavy (non-hydrogen) atoms. The van der Waals surface area contributed by atoms with Crippen molar-refractivity contribution in [1.29, 1.82) is 0 Å². The molecule has 224 valence electrons. The molecule has 1 saturated heterocycles. The Morgan fingerprint density at radius 1 is 0.711 bits per heavy atom. The highest BCUT2D eigenvalue weighted by molar-refractivity contribution is 6.48. The lowest BCUT2D eigenvalue weighted by atomic mass is 9.93. The molecule has 4 heterocycles. The largest absolute Gasteiger partial charge is 0.368 e. The highest BCUT2D eigenvalue weighted by Gasteiger charge is 2.43. The maximum absolute atomic E-state index is 13.6. The van der Waals surface area contributed by atoms with Gasteiger partial charge >= 0.3 is 0 Å². The molecule has 7 nitrogen and oxygen atoms in total. The molecule has 1 atom stereocenters. The lowest BCUT2D eigenvalue weighted by Gasteiger charge is -2.44. The van der Waals surface area contributed by atoms with Crippen LogP contribution in [0.5, 0.6) is 0 Å². The molecule has 1 fully saturated rings. The first-order valence-electron chi connectivity index (χ1n) is 14.9. The quantitative estimate of drug-likeness (QED) is 0.201. The second kappa shape index (κ2) is 11.1. The average Bonchev–Trinajstić information content (AvgIpc) is 3.41. The lowest BCUT2D eigenvalue weighted by molar-refractivity contribution is 0.389. The van der Waals surface area contributed by atoms with E-state index in [0.29, 0.717) is 10.0 Å². The van der Waals surface area contributed by atoms with Gasteiger partial charge in [-0.05, 0) is 73.2 Å². The molecular weight excluding hydrogens is 608 g/mol. The summed E-state index contributed by atoms with van der Waals surface area (Å²) >= 11 is 13.0. The van der Waals surface area contributed by atoms with Crippen LogP contribution in [0.15, 0.2) is 107 Å². The second-order valence-corrected chi connectivity index (χ2v) is 12.1. The molecule has 0 N–H and O–H groups in total. The molecule has 10 heteroatoms. The summed E-state index contributed by atoms with van der Waals surface area (Å²) < 4.78 is 15.5. The highest BCUT2D eigenvalue weighted by atomic mass is 35.5. The standard InChI is InChI=1S/C35H28Cl2FN7/c1-22-31-32(23-11-16-27(36)28(37)21-23)44-30-10-6-5-9-29(30)39-34(35(44)40-33(31)45(41-22)26-7-3-2-4-8-26)43-19-17-42(18-20-43)25-14-12-24(38)13-15-25/h2-16,21,32H,17-20H2,1H3. The molecule has 0 radical (unpaired) electrons. The summed E-state index contributed by atoms with van der Waals surface area (Å²) in [4.78, 5) is 17.5. The Hall–Kier alpha value is -4.66. The Labute approximate surface area is 270 Å². The number of halogens is 3. The molecule has 0 saturated carbocycles. The first-order chi connectivity index (χ1) is 22.0. The van der Waals surface area contributed by atoms with Gasteiger partial charge in [0.05, 0.1) is 38.8 Å². The number of hydrogen-bond acceptors (Lipinski definition) is 6. The van der Waals surface area contributed by atoms with E-state index in [4.69, 9.17) is 38.3 Å². The van der Waals surface area contributed by atoms with Gasteiger partial charge in [-0.25, -0.2) is 19.1 Å². The van der Waals surface area contributed by atoms with Crippen LogP contribution in [0.1, 0.15) is 22.9 Å². The molecule has 0 amide bonds. The van der Waals surface area contributed by atoms with Crippen molar-refractivity contribution < 1.29 is 4.39 Å². The maximum atomic E-state index is 13.6. The van der Waals surface area contributed by atoms with Gasteiger partial charge in [-0.1, -0.05) is 59.6 Å². The molecule has 8 rings (SSSR count). The Kier molecular flexibility index (Phi) is 6.84. The van der Waals surface area contributed by atoms with Crippen molar-refractivity contribution >= 4 is 57.8 Å². The van der Waals surface area contributed by atoms with Gasteiger partial charge in [0.15, 0.2) is 17.5 Å². The van der Waals surface area contributed by atoms with Crippen molar-refractivity contribution in [3.63, 3.8) is 0 Å². The van der Waals surface area contributed by atoms with E-state index in [-0.39, 0.29) is 11.9 Å². The normalized spacial score (nSPS) is 17.3. The number of piperazine rings is 1. The van der Waals surface area contributed by atoms with E-state index in [1.54, 1.807) is 0 Å². The molecule has 0 bridgehead atoms. The maximum Gasteiger partial charge on any atom is 0.179 e. The summed E-state index contributed by atoms with van der Waals surface area (Å²) in [7, 11) is 0. The molecular formula is C35H28Cl2FN7. The fourth-order valence-corrected chi connectivity index (χ4v) is 6.79. The van der Waals surface area contributed by atoms with E-state index < -0.39 is 0 Å². The first-order valence-corrected chi connectivity index (χ1v) is 15.6. The van der Waals surface area contributed by atoms with Gasteiger partial charge in [0, 0.05) is 37.4 Å². The zero-order chi connectivity index (χ0) is 30.7. The van der Waals surface area contributed by atoms with Crippen LogP contribution in [0.3, 0.4) is 0 Å². The predicted octanol–water partition coefficient (Wildman–Crippen LogP) is 8.13. The zero-order valence-electron chi connectivity index (χ0n) is 24.4. The van der Waals surface area contributed by atoms with E-state index >= 15 is 0 Å². The Balaban J connectivity index is 1.28. The molecule has 1 unspecified atom stereocenters. The van der Waals surface area contributed by atoms with Crippen LogP contribution >= 0.6 is 23.2 Å². The number of amidine groups is 2. The highest BCUT2D eigenvalue weighted by Crippen LogP contribution is 2.49. The predicted molar refractivity (Wildman–Crippen MR) is 180 cm³/mol. The van der Waals surface area contributed by atoms with Crippen LogP contribution in [0.25, 0.3) is 5.69 Å². The van der Waals surface area contributed by atoms with Crippen LogP contribution in [0.2, 0.25) is 10.0 Å². The van der Waals surface area contributed by atoms with Crippen molar-refractivity contribution in [2.24, 2.45) is 9.98 Å². The third-order valence-corrected chi connectivity index (χ3v) is 9.39. The van der Waals surface area contributed by atoms with Crippen molar-refractivity contribution in [3.8, 4) is 5.69 Å². The topological polar surface area (TPSA) is 52.3 Å². The number of benzene rings is 4. The molecule has 0 spiro atoms. The Morgan fingerprint density at radius 2 is 1.42 bits per heavy atom. The number of anilines is 2. The van der Waals surface area contributed by atoms with Crippen LogP contribution < -0.4 is 9.80 Å². The summed E-state index contributed by atoms with van der Waals surface area (Å²) in [5, 5.41) is 6.01. The molecule has 5 aromatic rings. The third kappa shape index (κ3) is 4.76. The summed E-state index contributed by atoms with van der Waals surface area (Å²) in [5.41, 5.74) is 6.61. The number of nitrogens with zero attached hydrogens (tertiary/aromatic N) is 7. The number of hydrogen-bond donors (Lipinski definition) is 0. The number of aryl methyl sites for hydroxylation is 1. The van der Waals surface area contributed by atoms with E-state index in [9.17, 15) is 4.39 Å². The van der Waals surface area contributed by atoms with Gasteiger partial charge in [0.1, 0.15) is 5.82 Å². The minimum atomic E-state index is -0.285. The minimum Gasteiger partial charge on any atom is -0.368 e. The van der Waals surface area contributed by atoms with Crippen LogP contribution in [-0.2, 0) is 0 Å². The van der Waals surface area contributed by atoms with Crippen molar-refractivity contribution in [2.45, 2.75) is 13.0 Å². The number of aliphatic imine (C=N–C) groups is 2. The van der Waals surface area contributed by atoms with Crippen molar-refractivity contribution in [2.75, 3.05) is 36.0 Å². The minimum absolute atomic E-state index is 0.233. The van der Waals surface area contributed by atoms with Crippen LogP contribution in [-0.4, -0.2) is 52.5 Å². The van der Waals surface area contributed by atoms with Crippen LogP contribution in [0.4, 0.5) is 27.3 Å².